The first-order valence-electron chi connectivity index (χ1n) is 20.0. The number of benzene rings is 2. The molecule has 2 aliphatic carbocycles. The summed E-state index contributed by atoms with van der Waals surface area (Å²) in [6, 6.07) is 18.7. The van der Waals surface area contributed by atoms with E-state index < -0.39 is 0 Å². The molecule has 0 aromatic heterocycles. The monoisotopic (exact) mass is 617 g/mol. The largest absolute Gasteiger partial charge is 0.251 e. The molecule has 1 heteroatoms. The van der Waals surface area contributed by atoms with Crippen molar-refractivity contribution in [3.05, 3.63) is 59.7 Å². The first-order valence-corrected chi connectivity index (χ1v) is 20.0. The second-order valence-electron chi connectivity index (χ2n) is 15.3. The summed E-state index contributed by atoms with van der Waals surface area (Å²) >= 11 is 0. The van der Waals surface area contributed by atoms with Crippen LogP contribution < -0.4 is 0 Å². The zero-order chi connectivity index (χ0) is 31.4. The highest BCUT2D eigenvalue weighted by atomic mass is 19.1. The van der Waals surface area contributed by atoms with Crippen molar-refractivity contribution < 1.29 is 4.39 Å². The number of halogens is 1. The first-order chi connectivity index (χ1) is 22.2. The van der Waals surface area contributed by atoms with Crippen LogP contribution in [0.2, 0.25) is 0 Å². The molecule has 0 saturated heterocycles. The number of alkyl halides is 1. The summed E-state index contributed by atoms with van der Waals surface area (Å²) in [4.78, 5) is 0. The van der Waals surface area contributed by atoms with E-state index in [1.807, 2.05) is 0 Å². The van der Waals surface area contributed by atoms with Gasteiger partial charge in [0, 0.05) is 0 Å². The molecule has 0 bridgehead atoms. The van der Waals surface area contributed by atoms with Crippen LogP contribution in [0.4, 0.5) is 4.39 Å². The Morgan fingerprint density at radius 3 is 1.38 bits per heavy atom. The highest BCUT2D eigenvalue weighted by Gasteiger charge is 2.30. The molecule has 0 atom stereocenters. The maximum atomic E-state index is 12.2. The van der Waals surface area contributed by atoms with Crippen molar-refractivity contribution in [3.8, 4) is 11.1 Å². The Kier molecular flexibility index (Phi) is 17.7. The van der Waals surface area contributed by atoms with Gasteiger partial charge in [0.2, 0.25) is 0 Å². The minimum atomic E-state index is -0.157. The lowest BCUT2D eigenvalue weighted by atomic mass is 9.68. The van der Waals surface area contributed by atoms with Crippen LogP contribution in [0.5, 0.6) is 0 Å². The fourth-order valence-corrected chi connectivity index (χ4v) is 8.69. The molecule has 45 heavy (non-hydrogen) atoms. The van der Waals surface area contributed by atoms with Crippen LogP contribution >= 0.6 is 0 Å². The number of rotatable bonds is 22. The second kappa shape index (κ2) is 22.0. The van der Waals surface area contributed by atoms with E-state index in [1.165, 1.54) is 170 Å². The Morgan fingerprint density at radius 2 is 0.867 bits per heavy atom. The molecule has 0 spiro atoms. The van der Waals surface area contributed by atoms with E-state index >= 15 is 0 Å². The van der Waals surface area contributed by atoms with Gasteiger partial charge in [0.25, 0.3) is 0 Å². The summed E-state index contributed by atoms with van der Waals surface area (Å²) in [5.74, 6) is 4.08. The van der Waals surface area contributed by atoms with Gasteiger partial charge in [-0.15, -0.1) is 0 Å². The van der Waals surface area contributed by atoms with E-state index in [0.29, 0.717) is 0 Å². The number of hydrogen-bond donors (Lipinski definition) is 0. The summed E-state index contributed by atoms with van der Waals surface area (Å²) in [5, 5.41) is 0. The third-order valence-corrected chi connectivity index (χ3v) is 11.8. The van der Waals surface area contributed by atoms with Gasteiger partial charge in [-0.1, -0.05) is 165 Å². The van der Waals surface area contributed by atoms with Crippen LogP contribution in [0.25, 0.3) is 11.1 Å². The molecule has 0 radical (unpaired) electrons. The summed E-state index contributed by atoms with van der Waals surface area (Å²) in [7, 11) is 0. The minimum Gasteiger partial charge on any atom is -0.251 e. The van der Waals surface area contributed by atoms with Crippen molar-refractivity contribution in [2.24, 2.45) is 23.7 Å². The average Bonchev–Trinajstić information content (AvgIpc) is 3.09. The van der Waals surface area contributed by atoms with Crippen molar-refractivity contribution in [1.82, 2.24) is 0 Å². The molecule has 2 aromatic carbocycles. The molecule has 0 N–H and O–H groups in total. The van der Waals surface area contributed by atoms with Gasteiger partial charge < -0.3 is 0 Å². The smallest absolute Gasteiger partial charge is 0.0894 e. The predicted molar refractivity (Wildman–Crippen MR) is 196 cm³/mol. The topological polar surface area (TPSA) is 0 Å². The molecule has 0 heterocycles. The molecule has 2 aromatic rings. The molecular formula is C44H69F. The van der Waals surface area contributed by atoms with Crippen LogP contribution in [-0.4, -0.2) is 6.67 Å². The van der Waals surface area contributed by atoms with Crippen molar-refractivity contribution in [2.75, 3.05) is 6.67 Å². The maximum Gasteiger partial charge on any atom is 0.0894 e. The number of hydrogen-bond acceptors (Lipinski definition) is 0. The van der Waals surface area contributed by atoms with Gasteiger partial charge in [-0.2, -0.15) is 0 Å². The Hall–Kier alpha value is -1.63. The lowest BCUT2D eigenvalue weighted by Crippen LogP contribution is -2.26. The maximum absolute atomic E-state index is 12.2. The Labute approximate surface area is 278 Å². The fraction of sp³-hybridized carbons (Fsp3) is 0.727. The van der Waals surface area contributed by atoms with E-state index in [0.717, 1.165) is 42.9 Å². The van der Waals surface area contributed by atoms with Gasteiger partial charge in [0.1, 0.15) is 0 Å². The lowest BCUT2D eigenvalue weighted by Gasteiger charge is -2.38. The van der Waals surface area contributed by atoms with Crippen LogP contribution in [-0.2, 0) is 12.8 Å². The lowest BCUT2D eigenvalue weighted by molar-refractivity contribution is 0.140. The summed E-state index contributed by atoms with van der Waals surface area (Å²) in [6.45, 7) is 2.16. The van der Waals surface area contributed by atoms with Gasteiger partial charge in [-0.25, -0.2) is 0 Å². The fourth-order valence-electron chi connectivity index (χ4n) is 8.69. The zero-order valence-corrected chi connectivity index (χ0v) is 29.4. The van der Waals surface area contributed by atoms with Gasteiger partial charge in [0.05, 0.1) is 6.67 Å². The van der Waals surface area contributed by atoms with Crippen molar-refractivity contribution >= 4 is 0 Å². The van der Waals surface area contributed by atoms with E-state index in [2.05, 4.69) is 55.5 Å². The summed E-state index contributed by atoms with van der Waals surface area (Å²) < 4.78 is 12.2. The molecule has 0 aliphatic heterocycles. The third kappa shape index (κ3) is 13.9. The molecule has 2 aliphatic rings. The SMILES string of the molecule is CCCCCCCCCCC1CCC(C2CCC(CCc3ccc(-c4ccc(CCCCCCCCF)cc4)cc3)CC2)CC1. The number of unbranched alkanes of at least 4 members (excludes halogenated alkanes) is 12. The van der Waals surface area contributed by atoms with Crippen LogP contribution in [0.3, 0.4) is 0 Å². The van der Waals surface area contributed by atoms with Crippen molar-refractivity contribution in [3.63, 3.8) is 0 Å². The Bertz CT molecular complexity index is 975. The molecule has 252 valence electrons. The molecule has 0 amide bonds. The number of aryl methyl sites for hydroxylation is 2. The van der Waals surface area contributed by atoms with E-state index in [1.54, 1.807) is 0 Å². The zero-order valence-electron chi connectivity index (χ0n) is 29.4. The highest BCUT2D eigenvalue weighted by molar-refractivity contribution is 5.64. The van der Waals surface area contributed by atoms with E-state index in [9.17, 15) is 4.39 Å². The normalized spacial score (nSPS) is 22.1. The molecule has 2 saturated carbocycles. The van der Waals surface area contributed by atoms with Gasteiger partial charge >= 0.3 is 0 Å². The molecule has 2 fully saturated rings. The molecule has 4 rings (SSSR count). The summed E-state index contributed by atoms with van der Waals surface area (Å²) in [5.41, 5.74) is 5.62. The highest BCUT2D eigenvalue weighted by Crippen LogP contribution is 2.43. The quantitative estimate of drug-likeness (QED) is 0.115. The van der Waals surface area contributed by atoms with Crippen molar-refractivity contribution in [2.45, 2.75) is 174 Å². The third-order valence-electron chi connectivity index (χ3n) is 11.8. The van der Waals surface area contributed by atoms with Gasteiger partial charge in [-0.3, -0.25) is 4.39 Å². The molecule has 0 unspecified atom stereocenters. The Balaban J connectivity index is 1.05. The predicted octanol–water partition coefficient (Wildman–Crippen LogP) is 14.3. The second-order valence-corrected chi connectivity index (χ2v) is 15.3. The van der Waals surface area contributed by atoms with Crippen LogP contribution in [0.15, 0.2) is 48.5 Å². The standard InChI is InChI=1S/C44H69F/c1-2-3-4-5-6-7-10-13-16-37-20-28-41(29-21-37)43-32-24-39(25-33-43)18-19-40-26-34-44(35-27-40)42-30-22-38(23-31-42)17-14-11-8-9-12-15-36-45/h22-23,26-27,30-31,34-35,37,39,41,43H,2-21,24-25,28-29,32-33,36H2,1H3. The van der Waals surface area contributed by atoms with Crippen LogP contribution in [0, 0.1) is 23.7 Å². The minimum absolute atomic E-state index is 0.157. The van der Waals surface area contributed by atoms with Crippen molar-refractivity contribution in [1.29, 1.82) is 0 Å². The van der Waals surface area contributed by atoms with E-state index in [-0.39, 0.29) is 6.67 Å². The van der Waals surface area contributed by atoms with E-state index in [4.69, 9.17) is 0 Å². The summed E-state index contributed by atoms with van der Waals surface area (Å²) in [6.07, 6.45) is 35.8. The average molecular weight is 617 g/mol. The van der Waals surface area contributed by atoms with Gasteiger partial charge in [0.15, 0.2) is 0 Å². The Morgan fingerprint density at radius 1 is 0.444 bits per heavy atom. The van der Waals surface area contributed by atoms with Crippen LogP contribution in [0.1, 0.15) is 172 Å². The first kappa shape index (κ1) is 36.2. The van der Waals surface area contributed by atoms with Gasteiger partial charge in [-0.05, 0) is 104 Å². The molecule has 0 nitrogen and oxygen atoms in total. The molecular weight excluding hydrogens is 547 g/mol.